The highest BCUT2D eigenvalue weighted by Gasteiger charge is 2.11. The molecule has 0 unspecified atom stereocenters. The van der Waals surface area contributed by atoms with Gasteiger partial charge < -0.3 is 9.80 Å². The van der Waals surface area contributed by atoms with E-state index in [0.29, 0.717) is 5.88 Å². The molecule has 0 aromatic carbocycles. The minimum Gasteiger partial charge on any atom is -0.305 e. The number of unbranched alkanes of at least 4 members (excludes halogenated alkanes) is 1. The number of halogens is 1. The van der Waals surface area contributed by atoms with Crippen LogP contribution in [0.1, 0.15) is 30.0 Å². The predicted molar refractivity (Wildman–Crippen MR) is 83.2 cm³/mol. The summed E-state index contributed by atoms with van der Waals surface area (Å²) >= 11 is 7.51. The average molecular weight is 302 g/mol. The summed E-state index contributed by atoms with van der Waals surface area (Å²) in [5.74, 6) is 0.539. The quantitative estimate of drug-likeness (QED) is 0.595. The Morgan fingerprint density at radius 1 is 1.26 bits per heavy atom. The second-order valence-electron chi connectivity index (χ2n) is 5.32. The Bertz CT molecular complexity index is 369. The van der Waals surface area contributed by atoms with Crippen LogP contribution in [0.25, 0.3) is 0 Å². The molecule has 2 heterocycles. The SMILES string of the molecule is CN1CCCN(CCCCc2nc(CCl)cs2)CC1. The first kappa shape index (κ1) is 15.2. The van der Waals surface area contributed by atoms with Crippen LogP contribution in [0.15, 0.2) is 5.38 Å². The van der Waals surface area contributed by atoms with E-state index in [1.165, 1.54) is 57.0 Å². The molecule has 2 rings (SSSR count). The Labute approximate surface area is 125 Å². The zero-order valence-electron chi connectivity index (χ0n) is 11.8. The first-order valence-electron chi connectivity index (χ1n) is 7.18. The highest BCUT2D eigenvalue weighted by Crippen LogP contribution is 2.14. The van der Waals surface area contributed by atoms with Crippen molar-refractivity contribution in [3.8, 4) is 0 Å². The Hall–Kier alpha value is -0.160. The number of rotatable bonds is 6. The summed E-state index contributed by atoms with van der Waals surface area (Å²) < 4.78 is 0. The molecule has 3 nitrogen and oxygen atoms in total. The van der Waals surface area contributed by atoms with Crippen LogP contribution < -0.4 is 0 Å². The monoisotopic (exact) mass is 301 g/mol. The third kappa shape index (κ3) is 5.38. The van der Waals surface area contributed by atoms with Gasteiger partial charge >= 0.3 is 0 Å². The van der Waals surface area contributed by atoms with Gasteiger partial charge in [0.1, 0.15) is 0 Å². The predicted octanol–water partition coefficient (Wildman–Crippen LogP) is 2.84. The third-order valence-electron chi connectivity index (χ3n) is 3.66. The van der Waals surface area contributed by atoms with Crippen molar-refractivity contribution in [2.24, 2.45) is 0 Å². The number of aryl methyl sites for hydroxylation is 1. The molecule has 5 heteroatoms. The molecule has 1 aliphatic rings. The van der Waals surface area contributed by atoms with Crippen LogP contribution in [0.5, 0.6) is 0 Å². The van der Waals surface area contributed by atoms with E-state index in [1.807, 2.05) is 0 Å². The molecule has 1 aromatic rings. The number of thiazole rings is 1. The fourth-order valence-corrected chi connectivity index (χ4v) is 3.53. The Balaban J connectivity index is 1.61. The van der Waals surface area contributed by atoms with Crippen molar-refractivity contribution >= 4 is 22.9 Å². The van der Waals surface area contributed by atoms with Crippen molar-refractivity contribution in [1.29, 1.82) is 0 Å². The topological polar surface area (TPSA) is 19.4 Å². The fraction of sp³-hybridized carbons (Fsp3) is 0.786. The largest absolute Gasteiger partial charge is 0.305 e. The van der Waals surface area contributed by atoms with Gasteiger partial charge in [-0.15, -0.1) is 22.9 Å². The van der Waals surface area contributed by atoms with Gasteiger partial charge in [-0.05, 0) is 52.4 Å². The molecular weight excluding hydrogens is 278 g/mol. The van der Waals surface area contributed by atoms with Gasteiger partial charge in [-0.2, -0.15) is 0 Å². The van der Waals surface area contributed by atoms with Crippen molar-refractivity contribution < 1.29 is 0 Å². The van der Waals surface area contributed by atoms with Crippen molar-refractivity contribution in [2.75, 3.05) is 39.8 Å². The summed E-state index contributed by atoms with van der Waals surface area (Å²) in [7, 11) is 2.22. The number of hydrogen-bond donors (Lipinski definition) is 0. The Morgan fingerprint density at radius 3 is 2.95 bits per heavy atom. The maximum absolute atomic E-state index is 5.76. The van der Waals surface area contributed by atoms with E-state index in [2.05, 4.69) is 27.2 Å². The van der Waals surface area contributed by atoms with Crippen LogP contribution in [0, 0.1) is 0 Å². The molecule has 1 aromatic heterocycles. The summed E-state index contributed by atoms with van der Waals surface area (Å²) in [6.07, 6.45) is 4.93. The van der Waals surface area contributed by atoms with E-state index < -0.39 is 0 Å². The van der Waals surface area contributed by atoms with Crippen LogP contribution in [0.3, 0.4) is 0 Å². The summed E-state index contributed by atoms with van der Waals surface area (Å²) in [5, 5.41) is 3.32. The van der Waals surface area contributed by atoms with Gasteiger partial charge in [-0.1, -0.05) is 0 Å². The maximum Gasteiger partial charge on any atom is 0.0928 e. The molecule has 0 bridgehead atoms. The molecule has 0 N–H and O–H groups in total. The lowest BCUT2D eigenvalue weighted by molar-refractivity contribution is 0.271. The zero-order chi connectivity index (χ0) is 13.5. The van der Waals surface area contributed by atoms with Crippen LogP contribution in [-0.4, -0.2) is 54.6 Å². The molecule has 108 valence electrons. The highest BCUT2D eigenvalue weighted by molar-refractivity contribution is 7.09. The molecule has 1 saturated heterocycles. The number of nitrogens with zero attached hydrogens (tertiary/aromatic N) is 3. The van der Waals surface area contributed by atoms with Crippen molar-refractivity contribution in [2.45, 2.75) is 31.6 Å². The minimum absolute atomic E-state index is 0.539. The lowest BCUT2D eigenvalue weighted by atomic mass is 10.2. The molecule has 1 fully saturated rings. The molecular formula is C14H24ClN3S. The second-order valence-corrected chi connectivity index (χ2v) is 6.53. The molecule has 0 amide bonds. The first-order chi connectivity index (χ1) is 9.28. The van der Waals surface area contributed by atoms with E-state index >= 15 is 0 Å². The molecule has 0 atom stereocenters. The molecule has 19 heavy (non-hydrogen) atoms. The Kier molecular flexibility index (Phi) is 6.57. The molecule has 0 aliphatic carbocycles. The van der Waals surface area contributed by atoms with Gasteiger partial charge in [0, 0.05) is 18.5 Å². The molecule has 0 spiro atoms. The first-order valence-corrected chi connectivity index (χ1v) is 8.59. The minimum atomic E-state index is 0.539. The summed E-state index contributed by atoms with van der Waals surface area (Å²) in [5.41, 5.74) is 1.03. The van der Waals surface area contributed by atoms with E-state index in [4.69, 9.17) is 11.6 Å². The summed E-state index contributed by atoms with van der Waals surface area (Å²) in [6.45, 7) is 6.19. The highest BCUT2D eigenvalue weighted by atomic mass is 35.5. The van der Waals surface area contributed by atoms with Gasteiger partial charge in [-0.25, -0.2) is 4.98 Å². The normalized spacial score (nSPS) is 18.6. The van der Waals surface area contributed by atoms with Crippen LogP contribution in [0.4, 0.5) is 0 Å². The van der Waals surface area contributed by atoms with E-state index in [0.717, 1.165) is 12.1 Å². The lowest BCUT2D eigenvalue weighted by Crippen LogP contribution is -2.29. The van der Waals surface area contributed by atoms with Crippen LogP contribution in [-0.2, 0) is 12.3 Å². The average Bonchev–Trinajstić information content (AvgIpc) is 2.78. The number of alkyl halides is 1. The molecule has 0 radical (unpaired) electrons. The molecule has 0 saturated carbocycles. The van der Waals surface area contributed by atoms with E-state index in [1.54, 1.807) is 11.3 Å². The second kappa shape index (κ2) is 8.20. The van der Waals surface area contributed by atoms with Crippen molar-refractivity contribution in [3.05, 3.63) is 16.1 Å². The molecule has 1 aliphatic heterocycles. The third-order valence-corrected chi connectivity index (χ3v) is 4.89. The number of likely N-dealkylation sites (N-methyl/N-ethyl adjacent to an activating group) is 1. The summed E-state index contributed by atoms with van der Waals surface area (Å²) in [6, 6.07) is 0. The smallest absolute Gasteiger partial charge is 0.0928 e. The zero-order valence-corrected chi connectivity index (χ0v) is 13.3. The van der Waals surface area contributed by atoms with Crippen LogP contribution >= 0.6 is 22.9 Å². The van der Waals surface area contributed by atoms with Gasteiger partial charge in [-0.3, -0.25) is 0 Å². The summed E-state index contributed by atoms with van der Waals surface area (Å²) in [4.78, 5) is 9.54. The van der Waals surface area contributed by atoms with Gasteiger partial charge in [0.05, 0.1) is 16.6 Å². The van der Waals surface area contributed by atoms with E-state index in [-0.39, 0.29) is 0 Å². The van der Waals surface area contributed by atoms with E-state index in [9.17, 15) is 0 Å². The number of aromatic nitrogens is 1. The van der Waals surface area contributed by atoms with Crippen molar-refractivity contribution in [3.63, 3.8) is 0 Å². The lowest BCUT2D eigenvalue weighted by Gasteiger charge is -2.19. The number of hydrogen-bond acceptors (Lipinski definition) is 4. The standard InChI is InChI=1S/C14H24ClN3S/c1-17-6-4-8-18(10-9-17)7-3-2-5-14-16-13(11-15)12-19-14/h12H,2-11H2,1H3. The van der Waals surface area contributed by atoms with Gasteiger partial charge in [0.15, 0.2) is 0 Å². The van der Waals surface area contributed by atoms with Gasteiger partial charge in [0.2, 0.25) is 0 Å². The Morgan fingerprint density at radius 2 is 2.16 bits per heavy atom. The van der Waals surface area contributed by atoms with Gasteiger partial charge in [0.25, 0.3) is 0 Å². The van der Waals surface area contributed by atoms with Crippen LogP contribution in [0.2, 0.25) is 0 Å². The van der Waals surface area contributed by atoms with Crippen molar-refractivity contribution in [1.82, 2.24) is 14.8 Å². The maximum atomic E-state index is 5.76. The fourth-order valence-electron chi connectivity index (χ4n) is 2.46.